The first-order valence-electron chi connectivity index (χ1n) is 5.82. The molecule has 0 saturated carbocycles. The van der Waals surface area contributed by atoms with Crippen LogP contribution in [0.3, 0.4) is 0 Å². The van der Waals surface area contributed by atoms with Gasteiger partial charge in [-0.2, -0.15) is 0 Å². The smallest absolute Gasteiger partial charge is 0.243 e. The van der Waals surface area contributed by atoms with E-state index in [2.05, 4.69) is 5.32 Å². The van der Waals surface area contributed by atoms with Crippen molar-refractivity contribution in [2.75, 3.05) is 5.32 Å². The van der Waals surface area contributed by atoms with E-state index in [0.717, 1.165) is 10.8 Å². The first kappa shape index (κ1) is 12.5. The van der Waals surface area contributed by atoms with Crippen LogP contribution in [0.25, 0.3) is 10.8 Å². The van der Waals surface area contributed by atoms with Gasteiger partial charge in [-0.1, -0.05) is 36.4 Å². The molecule has 0 spiro atoms. The number of benzene rings is 2. The van der Waals surface area contributed by atoms with Crippen LogP contribution in [0.1, 0.15) is 6.92 Å². The Morgan fingerprint density at radius 2 is 1.89 bits per heavy atom. The van der Waals surface area contributed by atoms with Gasteiger partial charge in [0.05, 0.1) is 6.10 Å². The number of aliphatic hydroxyl groups excluding tert-OH is 1. The molecule has 2 rings (SSSR count). The van der Waals surface area contributed by atoms with Crippen LogP contribution in [-0.2, 0) is 4.79 Å². The monoisotopic (exact) mass is 244 g/mol. The van der Waals surface area contributed by atoms with Crippen LogP contribution in [0.2, 0.25) is 0 Å². The lowest BCUT2D eigenvalue weighted by Gasteiger charge is -2.15. The van der Waals surface area contributed by atoms with Crippen molar-refractivity contribution in [3.05, 3.63) is 42.5 Å². The highest BCUT2D eigenvalue weighted by atomic mass is 16.3. The van der Waals surface area contributed by atoms with Crippen molar-refractivity contribution in [3.8, 4) is 0 Å². The minimum absolute atomic E-state index is 0.388. The third-order valence-corrected chi connectivity index (χ3v) is 2.87. The number of nitrogens with one attached hydrogen (secondary N) is 1. The molecule has 0 aliphatic heterocycles. The molecule has 0 saturated heterocycles. The number of aliphatic hydroxyl groups is 1. The second-order valence-corrected chi connectivity index (χ2v) is 4.28. The molecule has 4 heteroatoms. The quantitative estimate of drug-likeness (QED) is 0.765. The van der Waals surface area contributed by atoms with Crippen LogP contribution in [0.4, 0.5) is 5.69 Å². The molecule has 1 amide bonds. The molecule has 94 valence electrons. The average Bonchev–Trinajstić information content (AvgIpc) is 2.38. The lowest BCUT2D eigenvalue weighted by Crippen LogP contribution is -2.43. The second-order valence-electron chi connectivity index (χ2n) is 4.28. The van der Waals surface area contributed by atoms with Gasteiger partial charge in [-0.15, -0.1) is 0 Å². The van der Waals surface area contributed by atoms with E-state index in [1.54, 1.807) is 0 Å². The summed E-state index contributed by atoms with van der Waals surface area (Å²) in [7, 11) is 0. The molecule has 0 fully saturated rings. The van der Waals surface area contributed by atoms with Gasteiger partial charge in [0.25, 0.3) is 0 Å². The van der Waals surface area contributed by atoms with Gasteiger partial charge in [-0.05, 0) is 18.4 Å². The van der Waals surface area contributed by atoms with E-state index in [-0.39, 0.29) is 5.91 Å². The summed E-state index contributed by atoms with van der Waals surface area (Å²) in [6.07, 6.45) is -0.875. The maximum atomic E-state index is 11.8. The lowest BCUT2D eigenvalue weighted by atomic mass is 10.1. The fraction of sp³-hybridized carbons (Fsp3) is 0.214. The Kier molecular flexibility index (Phi) is 3.60. The van der Waals surface area contributed by atoms with E-state index in [9.17, 15) is 9.90 Å². The molecule has 0 heterocycles. The topological polar surface area (TPSA) is 75.3 Å². The zero-order valence-corrected chi connectivity index (χ0v) is 10.1. The maximum absolute atomic E-state index is 11.8. The highest BCUT2D eigenvalue weighted by Crippen LogP contribution is 2.22. The third kappa shape index (κ3) is 2.50. The number of rotatable bonds is 3. The van der Waals surface area contributed by atoms with Crippen LogP contribution in [0, 0.1) is 0 Å². The molecule has 0 aromatic heterocycles. The number of carbonyl (C=O) groups is 1. The van der Waals surface area contributed by atoms with E-state index in [4.69, 9.17) is 5.73 Å². The van der Waals surface area contributed by atoms with Crippen molar-refractivity contribution in [2.24, 2.45) is 5.73 Å². The number of carbonyl (C=O) groups excluding carboxylic acids is 1. The van der Waals surface area contributed by atoms with Crippen molar-refractivity contribution < 1.29 is 9.90 Å². The summed E-state index contributed by atoms with van der Waals surface area (Å²) in [5.74, 6) is -0.388. The van der Waals surface area contributed by atoms with E-state index >= 15 is 0 Å². The Morgan fingerprint density at radius 3 is 2.61 bits per heavy atom. The predicted molar refractivity (Wildman–Crippen MR) is 72.2 cm³/mol. The highest BCUT2D eigenvalue weighted by Gasteiger charge is 2.19. The number of anilines is 1. The molecule has 0 aliphatic carbocycles. The molecule has 0 aliphatic rings. The van der Waals surface area contributed by atoms with Crippen molar-refractivity contribution in [2.45, 2.75) is 19.1 Å². The summed E-state index contributed by atoms with van der Waals surface area (Å²) >= 11 is 0. The van der Waals surface area contributed by atoms with Crippen LogP contribution in [0.5, 0.6) is 0 Å². The standard InChI is InChI=1S/C14H16N2O2/c1-9(17)13(15)14(18)16-12-8-4-6-10-5-2-3-7-11(10)12/h2-9,13,17H,15H2,1H3,(H,16,18)/t9-,13+/m1/s1. The molecule has 4 N–H and O–H groups in total. The highest BCUT2D eigenvalue weighted by molar-refractivity contribution is 6.03. The van der Waals surface area contributed by atoms with Crippen LogP contribution < -0.4 is 11.1 Å². The largest absolute Gasteiger partial charge is 0.391 e. The summed E-state index contributed by atoms with van der Waals surface area (Å²) in [5, 5.41) is 14.0. The Morgan fingerprint density at radius 1 is 1.22 bits per heavy atom. The molecule has 18 heavy (non-hydrogen) atoms. The summed E-state index contributed by atoms with van der Waals surface area (Å²) in [5.41, 5.74) is 6.29. The van der Waals surface area contributed by atoms with Gasteiger partial charge < -0.3 is 16.2 Å². The van der Waals surface area contributed by atoms with E-state index in [1.165, 1.54) is 6.92 Å². The second kappa shape index (κ2) is 5.16. The third-order valence-electron chi connectivity index (χ3n) is 2.87. The van der Waals surface area contributed by atoms with Crippen LogP contribution >= 0.6 is 0 Å². The van der Waals surface area contributed by atoms with E-state index in [0.29, 0.717) is 5.69 Å². The first-order chi connectivity index (χ1) is 8.59. The summed E-state index contributed by atoms with van der Waals surface area (Å²) in [4.78, 5) is 11.8. The zero-order chi connectivity index (χ0) is 13.1. The number of nitrogens with two attached hydrogens (primary N) is 1. The maximum Gasteiger partial charge on any atom is 0.243 e. The molecule has 0 unspecified atom stereocenters. The number of hydrogen-bond donors (Lipinski definition) is 3. The normalized spacial score (nSPS) is 14.2. The number of fused-ring (bicyclic) bond motifs is 1. The molecule has 2 aromatic carbocycles. The Hall–Kier alpha value is -1.91. The molecular formula is C14H16N2O2. The van der Waals surface area contributed by atoms with Crippen molar-refractivity contribution in [1.82, 2.24) is 0 Å². The molecule has 0 bridgehead atoms. The fourth-order valence-corrected chi connectivity index (χ4v) is 1.77. The average molecular weight is 244 g/mol. The minimum atomic E-state index is -0.927. The lowest BCUT2D eigenvalue weighted by molar-refractivity contribution is -0.119. The number of hydrogen-bond acceptors (Lipinski definition) is 3. The summed E-state index contributed by atoms with van der Waals surface area (Å²) < 4.78 is 0. The zero-order valence-electron chi connectivity index (χ0n) is 10.1. The van der Waals surface area contributed by atoms with Crippen molar-refractivity contribution >= 4 is 22.4 Å². The van der Waals surface area contributed by atoms with E-state index in [1.807, 2.05) is 42.5 Å². The Balaban J connectivity index is 2.30. The van der Waals surface area contributed by atoms with Crippen LogP contribution in [-0.4, -0.2) is 23.2 Å². The van der Waals surface area contributed by atoms with Gasteiger partial charge in [0.15, 0.2) is 0 Å². The van der Waals surface area contributed by atoms with Crippen LogP contribution in [0.15, 0.2) is 42.5 Å². The fourth-order valence-electron chi connectivity index (χ4n) is 1.77. The minimum Gasteiger partial charge on any atom is -0.391 e. The van der Waals surface area contributed by atoms with E-state index < -0.39 is 12.1 Å². The predicted octanol–water partition coefficient (Wildman–Crippen LogP) is 1.49. The van der Waals surface area contributed by atoms with Gasteiger partial charge in [0.2, 0.25) is 5.91 Å². The number of amides is 1. The van der Waals surface area contributed by atoms with Crippen molar-refractivity contribution in [3.63, 3.8) is 0 Å². The molecule has 4 nitrogen and oxygen atoms in total. The molecule has 2 aromatic rings. The molecular weight excluding hydrogens is 228 g/mol. The SMILES string of the molecule is C[C@@H](O)[C@H](N)C(=O)Nc1cccc2ccccc12. The first-order valence-corrected chi connectivity index (χ1v) is 5.82. The molecule has 0 radical (unpaired) electrons. The van der Waals surface area contributed by atoms with Gasteiger partial charge in [-0.3, -0.25) is 4.79 Å². The van der Waals surface area contributed by atoms with Gasteiger partial charge >= 0.3 is 0 Å². The van der Waals surface area contributed by atoms with Crippen molar-refractivity contribution in [1.29, 1.82) is 0 Å². The summed E-state index contributed by atoms with van der Waals surface area (Å²) in [6, 6.07) is 12.5. The molecule has 2 atom stereocenters. The Bertz CT molecular complexity index is 561. The van der Waals surface area contributed by atoms with Gasteiger partial charge in [0, 0.05) is 11.1 Å². The van der Waals surface area contributed by atoms with Gasteiger partial charge in [0.1, 0.15) is 6.04 Å². The Labute approximate surface area is 105 Å². The summed E-state index contributed by atoms with van der Waals surface area (Å²) in [6.45, 7) is 1.49. The van der Waals surface area contributed by atoms with Gasteiger partial charge in [-0.25, -0.2) is 0 Å².